The van der Waals surface area contributed by atoms with Gasteiger partial charge in [0.25, 0.3) is 10.2 Å². The molecule has 7 nitrogen and oxygen atoms in total. The van der Waals surface area contributed by atoms with Crippen LogP contribution in [0.3, 0.4) is 0 Å². The average molecular weight is 306 g/mol. The van der Waals surface area contributed by atoms with Crippen LogP contribution in [0.2, 0.25) is 0 Å². The lowest BCUT2D eigenvalue weighted by atomic mass is 9.74. The topological polar surface area (TPSA) is 95.9 Å². The van der Waals surface area contributed by atoms with E-state index in [0.717, 1.165) is 19.3 Å². The summed E-state index contributed by atoms with van der Waals surface area (Å²) in [5, 5.41) is 9.55. The molecule has 1 aliphatic heterocycles. The highest BCUT2D eigenvalue weighted by atomic mass is 32.2. The van der Waals surface area contributed by atoms with Crippen molar-refractivity contribution in [3.63, 3.8) is 0 Å². The Bertz CT molecular complexity index is 460. The maximum absolute atomic E-state index is 12.4. The highest BCUT2D eigenvalue weighted by Gasteiger charge is 2.48. The molecule has 20 heavy (non-hydrogen) atoms. The quantitative estimate of drug-likeness (QED) is 0.773. The summed E-state index contributed by atoms with van der Waals surface area (Å²) in [5.74, 6) is -1.30. The summed E-state index contributed by atoms with van der Waals surface area (Å²) in [4.78, 5) is 11.7. The van der Waals surface area contributed by atoms with Gasteiger partial charge in [-0.15, -0.1) is 0 Å². The van der Waals surface area contributed by atoms with Gasteiger partial charge in [0.1, 0.15) is 5.54 Å². The first-order chi connectivity index (χ1) is 9.38. The third-order valence-corrected chi connectivity index (χ3v) is 5.97. The summed E-state index contributed by atoms with van der Waals surface area (Å²) in [7, 11) is -3.80. The molecule has 2 N–H and O–H groups in total. The molecular formula is C12H22N2O5S. The second kappa shape index (κ2) is 5.97. The Morgan fingerprint density at radius 2 is 2.00 bits per heavy atom. The molecule has 0 amide bonds. The molecular weight excluding hydrogens is 284 g/mol. The van der Waals surface area contributed by atoms with E-state index >= 15 is 0 Å². The third kappa shape index (κ3) is 2.98. The lowest BCUT2D eigenvalue weighted by molar-refractivity contribution is -0.147. The second-order valence-corrected chi connectivity index (χ2v) is 7.21. The highest BCUT2D eigenvalue weighted by molar-refractivity contribution is 7.87. The molecule has 0 aromatic rings. The first kappa shape index (κ1) is 15.7. The van der Waals surface area contributed by atoms with E-state index in [1.165, 1.54) is 4.31 Å². The Morgan fingerprint density at radius 3 is 2.55 bits per heavy atom. The van der Waals surface area contributed by atoms with Gasteiger partial charge in [-0.25, -0.2) is 0 Å². The van der Waals surface area contributed by atoms with Crippen LogP contribution in [0.1, 0.15) is 32.6 Å². The van der Waals surface area contributed by atoms with Gasteiger partial charge in [0.2, 0.25) is 0 Å². The fourth-order valence-corrected chi connectivity index (χ4v) is 4.55. The molecule has 2 unspecified atom stereocenters. The van der Waals surface area contributed by atoms with Gasteiger partial charge < -0.3 is 9.84 Å². The van der Waals surface area contributed by atoms with Gasteiger partial charge in [0.15, 0.2) is 0 Å². The molecule has 0 spiro atoms. The summed E-state index contributed by atoms with van der Waals surface area (Å²) >= 11 is 0. The molecule has 2 atom stereocenters. The second-order valence-electron chi connectivity index (χ2n) is 5.54. The smallest absolute Gasteiger partial charge is 0.325 e. The van der Waals surface area contributed by atoms with E-state index in [1.807, 2.05) is 0 Å². The van der Waals surface area contributed by atoms with Crippen molar-refractivity contribution < 1.29 is 23.1 Å². The van der Waals surface area contributed by atoms with Gasteiger partial charge in [-0.1, -0.05) is 19.8 Å². The summed E-state index contributed by atoms with van der Waals surface area (Å²) in [6.45, 7) is 3.01. The standard InChI is InChI=1S/C12H22N2O5S/c1-10-4-2-3-5-12(10,11(15)16)13-20(17,18)14-6-8-19-9-7-14/h10,13H,2-9H2,1H3,(H,15,16). The van der Waals surface area contributed by atoms with E-state index in [0.29, 0.717) is 19.6 Å². The Morgan fingerprint density at radius 1 is 1.35 bits per heavy atom. The van der Waals surface area contributed by atoms with Crippen molar-refractivity contribution in [3.8, 4) is 0 Å². The molecule has 0 aromatic carbocycles. The van der Waals surface area contributed by atoms with Crippen LogP contribution < -0.4 is 4.72 Å². The number of nitrogens with zero attached hydrogens (tertiary/aromatic N) is 1. The normalized spacial score (nSPS) is 33.0. The Labute approximate surface area is 119 Å². The van der Waals surface area contributed by atoms with E-state index < -0.39 is 21.7 Å². The van der Waals surface area contributed by atoms with Gasteiger partial charge in [0, 0.05) is 13.1 Å². The maximum Gasteiger partial charge on any atom is 0.325 e. The van der Waals surface area contributed by atoms with E-state index in [1.54, 1.807) is 6.92 Å². The monoisotopic (exact) mass is 306 g/mol. The Kier molecular flexibility index (Phi) is 4.68. The number of rotatable bonds is 4. The van der Waals surface area contributed by atoms with Crippen LogP contribution in [-0.2, 0) is 19.7 Å². The number of hydrogen-bond donors (Lipinski definition) is 2. The molecule has 2 fully saturated rings. The Balaban J connectivity index is 2.21. The van der Waals surface area contributed by atoms with Crippen LogP contribution in [0.5, 0.6) is 0 Å². The van der Waals surface area contributed by atoms with Crippen LogP contribution in [0, 0.1) is 5.92 Å². The first-order valence-electron chi connectivity index (χ1n) is 6.99. The average Bonchev–Trinajstić information content (AvgIpc) is 2.42. The molecule has 0 aromatic heterocycles. The highest BCUT2D eigenvalue weighted by Crippen LogP contribution is 2.34. The lowest BCUT2D eigenvalue weighted by Crippen LogP contribution is -2.63. The number of morpholine rings is 1. The molecule has 1 aliphatic carbocycles. The zero-order valence-corrected chi connectivity index (χ0v) is 12.5. The number of nitrogens with one attached hydrogen (secondary N) is 1. The predicted molar refractivity (Wildman–Crippen MR) is 72.4 cm³/mol. The molecule has 2 aliphatic rings. The summed E-state index contributed by atoms with van der Waals surface area (Å²) in [6.07, 6.45) is 2.72. The van der Waals surface area contributed by atoms with Gasteiger partial charge in [-0.05, 0) is 18.8 Å². The molecule has 2 rings (SSSR count). The Hall–Kier alpha value is -0.700. The van der Waals surface area contributed by atoms with E-state index in [-0.39, 0.29) is 19.0 Å². The van der Waals surface area contributed by atoms with Crippen molar-refractivity contribution in [1.29, 1.82) is 0 Å². The van der Waals surface area contributed by atoms with E-state index in [9.17, 15) is 18.3 Å². The minimum Gasteiger partial charge on any atom is -0.480 e. The zero-order valence-electron chi connectivity index (χ0n) is 11.7. The van der Waals surface area contributed by atoms with Crippen LogP contribution in [-0.4, -0.2) is 55.6 Å². The van der Waals surface area contributed by atoms with Crippen molar-refractivity contribution in [2.75, 3.05) is 26.3 Å². The summed E-state index contributed by atoms with van der Waals surface area (Å²) < 4.78 is 33.7. The number of aliphatic carboxylic acids is 1. The zero-order chi connectivity index (χ0) is 14.8. The van der Waals surface area contributed by atoms with Crippen molar-refractivity contribution in [2.24, 2.45) is 5.92 Å². The van der Waals surface area contributed by atoms with Gasteiger partial charge in [0.05, 0.1) is 13.2 Å². The fourth-order valence-electron chi connectivity index (χ4n) is 2.94. The number of carboxylic acids is 1. The van der Waals surface area contributed by atoms with Crippen LogP contribution in [0.15, 0.2) is 0 Å². The van der Waals surface area contributed by atoms with Gasteiger partial charge in [-0.2, -0.15) is 17.4 Å². The number of hydrogen-bond acceptors (Lipinski definition) is 4. The first-order valence-corrected chi connectivity index (χ1v) is 8.43. The molecule has 1 saturated heterocycles. The van der Waals surface area contributed by atoms with Crippen LogP contribution in [0.4, 0.5) is 0 Å². The number of carboxylic acid groups (broad SMARTS) is 1. The summed E-state index contributed by atoms with van der Waals surface area (Å²) in [5.41, 5.74) is -1.38. The molecule has 116 valence electrons. The van der Waals surface area contributed by atoms with Crippen molar-refractivity contribution >= 4 is 16.2 Å². The van der Waals surface area contributed by atoms with Crippen molar-refractivity contribution in [3.05, 3.63) is 0 Å². The molecule has 1 heterocycles. The molecule has 0 bridgehead atoms. The van der Waals surface area contributed by atoms with E-state index in [4.69, 9.17) is 4.74 Å². The van der Waals surface area contributed by atoms with Crippen molar-refractivity contribution in [1.82, 2.24) is 9.03 Å². The maximum atomic E-state index is 12.4. The minimum absolute atomic E-state index is 0.218. The molecule has 1 saturated carbocycles. The SMILES string of the molecule is CC1CCCCC1(NS(=O)(=O)N1CCOCC1)C(=O)O. The molecule has 8 heteroatoms. The summed E-state index contributed by atoms with van der Waals surface area (Å²) in [6, 6.07) is 0. The van der Waals surface area contributed by atoms with Crippen LogP contribution >= 0.6 is 0 Å². The number of ether oxygens (including phenoxy) is 1. The molecule has 0 radical (unpaired) electrons. The van der Waals surface area contributed by atoms with Crippen LogP contribution in [0.25, 0.3) is 0 Å². The minimum atomic E-state index is -3.80. The lowest BCUT2D eigenvalue weighted by Gasteiger charge is -2.40. The predicted octanol–water partition coefficient (Wildman–Crippen LogP) is 0.187. The largest absolute Gasteiger partial charge is 0.480 e. The fraction of sp³-hybridized carbons (Fsp3) is 0.917. The van der Waals surface area contributed by atoms with Crippen molar-refractivity contribution in [2.45, 2.75) is 38.1 Å². The number of carbonyl (C=O) groups is 1. The van der Waals surface area contributed by atoms with Gasteiger partial charge >= 0.3 is 5.97 Å². The third-order valence-electron chi connectivity index (χ3n) is 4.30. The van der Waals surface area contributed by atoms with Gasteiger partial charge in [-0.3, -0.25) is 4.79 Å². The van der Waals surface area contributed by atoms with E-state index in [2.05, 4.69) is 4.72 Å².